The molecule has 1 heteroatoms. The molecule has 0 bridgehead atoms. The number of hydrogen-bond acceptors (Lipinski definition) is 1. The number of aliphatic hydroxyl groups is 1. The highest BCUT2D eigenvalue weighted by Gasteiger charge is 2.00. The standard InChI is InChI=1S/C15H28O/c1-3-5-7-8-9-10-11-12-14-15(16)13-6-4-2/h3-4,6,15-16H,1,5,7-14H2,2H3/b6-4+/t15-/m0/s1. The van der Waals surface area contributed by atoms with Crippen molar-refractivity contribution in [3.63, 3.8) is 0 Å². The predicted octanol–water partition coefficient (Wildman–Crippen LogP) is 4.62. The molecule has 0 aromatic rings. The lowest BCUT2D eigenvalue weighted by Gasteiger charge is -2.07. The Bertz CT molecular complexity index is 172. The fourth-order valence-corrected chi connectivity index (χ4v) is 1.79. The second kappa shape index (κ2) is 12.5. The van der Waals surface area contributed by atoms with E-state index in [1.807, 2.05) is 25.2 Å². The van der Waals surface area contributed by atoms with Crippen LogP contribution in [0.25, 0.3) is 0 Å². The van der Waals surface area contributed by atoms with Crippen LogP contribution in [-0.2, 0) is 0 Å². The van der Waals surface area contributed by atoms with Crippen LogP contribution in [-0.4, -0.2) is 11.2 Å². The summed E-state index contributed by atoms with van der Waals surface area (Å²) in [6.45, 7) is 5.71. The van der Waals surface area contributed by atoms with Gasteiger partial charge in [0.1, 0.15) is 0 Å². The van der Waals surface area contributed by atoms with Crippen LogP contribution in [0.2, 0.25) is 0 Å². The van der Waals surface area contributed by atoms with Crippen LogP contribution < -0.4 is 0 Å². The molecule has 0 aliphatic heterocycles. The van der Waals surface area contributed by atoms with E-state index in [-0.39, 0.29) is 6.10 Å². The third-order valence-electron chi connectivity index (χ3n) is 2.84. The normalized spacial score (nSPS) is 13.1. The number of aliphatic hydroxyl groups excluding tert-OH is 1. The van der Waals surface area contributed by atoms with Crippen LogP contribution in [0, 0.1) is 0 Å². The molecule has 0 unspecified atom stereocenters. The molecule has 0 fully saturated rings. The zero-order valence-corrected chi connectivity index (χ0v) is 10.8. The molecule has 0 spiro atoms. The van der Waals surface area contributed by atoms with Gasteiger partial charge in [-0.2, -0.15) is 0 Å². The Balaban J connectivity index is 3.11. The summed E-state index contributed by atoms with van der Waals surface area (Å²) in [6.07, 6.45) is 16.5. The lowest BCUT2D eigenvalue weighted by molar-refractivity contribution is 0.163. The molecule has 0 amide bonds. The fraction of sp³-hybridized carbons (Fsp3) is 0.733. The van der Waals surface area contributed by atoms with E-state index in [9.17, 15) is 5.11 Å². The Kier molecular flexibility index (Phi) is 12.1. The molecule has 0 saturated carbocycles. The zero-order valence-electron chi connectivity index (χ0n) is 10.8. The van der Waals surface area contributed by atoms with Crippen molar-refractivity contribution in [1.82, 2.24) is 0 Å². The molecule has 1 atom stereocenters. The van der Waals surface area contributed by atoms with Gasteiger partial charge in [-0.1, -0.05) is 50.3 Å². The first kappa shape index (κ1) is 15.4. The van der Waals surface area contributed by atoms with Crippen LogP contribution >= 0.6 is 0 Å². The Labute approximate surface area is 101 Å². The molecule has 0 aliphatic rings. The topological polar surface area (TPSA) is 20.2 Å². The zero-order chi connectivity index (χ0) is 12.1. The second-order valence-electron chi connectivity index (χ2n) is 4.45. The Morgan fingerprint density at radius 1 is 1.06 bits per heavy atom. The van der Waals surface area contributed by atoms with E-state index in [1.54, 1.807) is 0 Å². The van der Waals surface area contributed by atoms with Gasteiger partial charge in [-0.3, -0.25) is 0 Å². The highest BCUT2D eigenvalue weighted by Crippen LogP contribution is 2.11. The van der Waals surface area contributed by atoms with Crippen molar-refractivity contribution in [3.05, 3.63) is 24.8 Å². The minimum atomic E-state index is -0.128. The van der Waals surface area contributed by atoms with Crippen molar-refractivity contribution >= 4 is 0 Å². The van der Waals surface area contributed by atoms with Crippen LogP contribution in [0.5, 0.6) is 0 Å². The van der Waals surface area contributed by atoms with Crippen molar-refractivity contribution < 1.29 is 5.11 Å². The molecule has 0 rings (SSSR count). The second-order valence-corrected chi connectivity index (χ2v) is 4.45. The van der Waals surface area contributed by atoms with Gasteiger partial charge in [0.15, 0.2) is 0 Å². The average Bonchev–Trinajstić information content (AvgIpc) is 2.30. The fourth-order valence-electron chi connectivity index (χ4n) is 1.79. The minimum Gasteiger partial charge on any atom is -0.393 e. The summed E-state index contributed by atoms with van der Waals surface area (Å²) in [4.78, 5) is 0. The van der Waals surface area contributed by atoms with Gasteiger partial charge in [-0.15, -0.1) is 6.58 Å². The van der Waals surface area contributed by atoms with Gasteiger partial charge in [0.25, 0.3) is 0 Å². The largest absolute Gasteiger partial charge is 0.393 e. The first-order chi connectivity index (χ1) is 7.81. The summed E-state index contributed by atoms with van der Waals surface area (Å²) in [5.74, 6) is 0. The molecule has 94 valence electrons. The lowest BCUT2D eigenvalue weighted by Crippen LogP contribution is -2.04. The molecule has 0 aromatic carbocycles. The van der Waals surface area contributed by atoms with Gasteiger partial charge in [0.05, 0.1) is 6.10 Å². The summed E-state index contributed by atoms with van der Waals surface area (Å²) in [6, 6.07) is 0. The number of unbranched alkanes of at least 4 members (excludes halogenated alkanes) is 6. The molecule has 1 N–H and O–H groups in total. The third-order valence-corrected chi connectivity index (χ3v) is 2.84. The maximum atomic E-state index is 9.59. The van der Waals surface area contributed by atoms with Crippen LogP contribution in [0.4, 0.5) is 0 Å². The summed E-state index contributed by atoms with van der Waals surface area (Å²) < 4.78 is 0. The van der Waals surface area contributed by atoms with Crippen LogP contribution in [0.15, 0.2) is 24.8 Å². The summed E-state index contributed by atoms with van der Waals surface area (Å²) >= 11 is 0. The predicted molar refractivity (Wildman–Crippen MR) is 72.6 cm³/mol. The van der Waals surface area contributed by atoms with Gasteiger partial charge in [0, 0.05) is 0 Å². The Morgan fingerprint density at radius 2 is 1.69 bits per heavy atom. The monoisotopic (exact) mass is 224 g/mol. The number of hydrogen-bond donors (Lipinski definition) is 1. The molecule has 0 aliphatic carbocycles. The third kappa shape index (κ3) is 11.5. The average molecular weight is 224 g/mol. The van der Waals surface area contributed by atoms with Crippen molar-refractivity contribution in [2.24, 2.45) is 0 Å². The van der Waals surface area contributed by atoms with Crippen molar-refractivity contribution in [3.8, 4) is 0 Å². The Hall–Kier alpha value is -0.560. The number of rotatable bonds is 11. The molecular formula is C15H28O. The molecule has 0 aromatic heterocycles. The quantitative estimate of drug-likeness (QED) is 0.401. The van der Waals surface area contributed by atoms with E-state index in [4.69, 9.17) is 0 Å². The van der Waals surface area contributed by atoms with Crippen molar-refractivity contribution in [2.45, 2.75) is 70.8 Å². The molecule has 0 heterocycles. The number of allylic oxidation sites excluding steroid dienone is 2. The van der Waals surface area contributed by atoms with E-state index in [0.717, 1.165) is 19.3 Å². The van der Waals surface area contributed by atoms with Crippen LogP contribution in [0.3, 0.4) is 0 Å². The first-order valence-electron chi connectivity index (χ1n) is 6.71. The van der Waals surface area contributed by atoms with Gasteiger partial charge in [-0.05, 0) is 32.6 Å². The molecule has 0 saturated heterocycles. The molecule has 0 radical (unpaired) electrons. The van der Waals surface area contributed by atoms with E-state index < -0.39 is 0 Å². The van der Waals surface area contributed by atoms with Crippen LogP contribution in [0.1, 0.15) is 64.7 Å². The van der Waals surface area contributed by atoms with Crippen molar-refractivity contribution in [2.75, 3.05) is 0 Å². The SMILES string of the molecule is C=CCCCCCCCC[C@@H](O)C/C=C/C. The van der Waals surface area contributed by atoms with E-state index >= 15 is 0 Å². The Morgan fingerprint density at radius 3 is 2.31 bits per heavy atom. The highest BCUT2D eigenvalue weighted by atomic mass is 16.3. The maximum Gasteiger partial charge on any atom is 0.0574 e. The summed E-state index contributed by atoms with van der Waals surface area (Å²) in [5.41, 5.74) is 0. The summed E-state index contributed by atoms with van der Waals surface area (Å²) in [7, 11) is 0. The lowest BCUT2D eigenvalue weighted by atomic mass is 10.0. The van der Waals surface area contributed by atoms with Gasteiger partial charge in [0.2, 0.25) is 0 Å². The van der Waals surface area contributed by atoms with Crippen molar-refractivity contribution in [1.29, 1.82) is 0 Å². The molecule has 16 heavy (non-hydrogen) atoms. The minimum absolute atomic E-state index is 0.128. The van der Waals surface area contributed by atoms with E-state index in [1.165, 1.54) is 38.5 Å². The molecular weight excluding hydrogens is 196 g/mol. The van der Waals surface area contributed by atoms with Gasteiger partial charge >= 0.3 is 0 Å². The highest BCUT2D eigenvalue weighted by molar-refractivity contribution is 4.79. The maximum absolute atomic E-state index is 9.59. The molecule has 1 nitrogen and oxygen atoms in total. The first-order valence-corrected chi connectivity index (χ1v) is 6.71. The smallest absolute Gasteiger partial charge is 0.0574 e. The summed E-state index contributed by atoms with van der Waals surface area (Å²) in [5, 5.41) is 9.59. The van der Waals surface area contributed by atoms with E-state index in [2.05, 4.69) is 6.58 Å². The van der Waals surface area contributed by atoms with Gasteiger partial charge < -0.3 is 5.11 Å². The van der Waals surface area contributed by atoms with E-state index in [0.29, 0.717) is 0 Å². The van der Waals surface area contributed by atoms with Gasteiger partial charge in [-0.25, -0.2) is 0 Å².